The molecule has 0 radical (unpaired) electrons. The number of H-pyrrole nitrogens is 1. The molecule has 6 heteroatoms. The van der Waals surface area contributed by atoms with Crippen LogP contribution in [-0.2, 0) is 6.54 Å². The van der Waals surface area contributed by atoms with E-state index in [0.717, 1.165) is 23.3 Å². The molecule has 24 heavy (non-hydrogen) atoms. The highest BCUT2D eigenvalue weighted by Crippen LogP contribution is 2.17. The van der Waals surface area contributed by atoms with Gasteiger partial charge in [-0.25, -0.2) is 4.98 Å². The number of rotatable bonds is 4. The molecule has 6 nitrogen and oxygen atoms in total. The predicted octanol–water partition coefficient (Wildman–Crippen LogP) is 2.54. The van der Waals surface area contributed by atoms with Crippen LogP contribution in [0.25, 0.3) is 10.9 Å². The highest BCUT2D eigenvalue weighted by atomic mass is 16.1. The molecule has 0 aliphatic carbocycles. The summed E-state index contributed by atoms with van der Waals surface area (Å²) in [6.07, 6.45) is 3.62. The van der Waals surface area contributed by atoms with Gasteiger partial charge in [-0.15, -0.1) is 0 Å². The molecule has 0 bridgehead atoms. The molecule has 0 aliphatic rings. The van der Waals surface area contributed by atoms with Crippen molar-refractivity contribution in [2.24, 2.45) is 0 Å². The quantitative estimate of drug-likeness (QED) is 0.774. The standard InChI is InChI=1S/C18H20N4O2/c1-4-22-8-7-19-17(22)12(3)20-18(24)13-5-6-14-11(2)9-16(23)21-15(14)10-13/h5-10,12H,4H2,1-3H3,(H,20,24)(H,21,23)/t12-/m0/s1. The van der Waals surface area contributed by atoms with Crippen LogP contribution in [0.1, 0.15) is 41.6 Å². The van der Waals surface area contributed by atoms with Gasteiger partial charge in [0, 0.05) is 41.5 Å². The van der Waals surface area contributed by atoms with Gasteiger partial charge < -0.3 is 14.9 Å². The maximum Gasteiger partial charge on any atom is 0.251 e. The van der Waals surface area contributed by atoms with Crippen LogP contribution in [0.15, 0.2) is 41.5 Å². The van der Waals surface area contributed by atoms with E-state index in [9.17, 15) is 9.59 Å². The van der Waals surface area contributed by atoms with E-state index < -0.39 is 0 Å². The van der Waals surface area contributed by atoms with Crippen LogP contribution in [0.5, 0.6) is 0 Å². The summed E-state index contributed by atoms with van der Waals surface area (Å²) in [4.78, 5) is 31.2. The number of aromatic nitrogens is 3. The minimum Gasteiger partial charge on any atom is -0.342 e. The maximum absolute atomic E-state index is 12.5. The van der Waals surface area contributed by atoms with Gasteiger partial charge in [0.05, 0.1) is 6.04 Å². The molecule has 2 N–H and O–H groups in total. The highest BCUT2D eigenvalue weighted by molar-refractivity contribution is 5.98. The third kappa shape index (κ3) is 2.95. The zero-order chi connectivity index (χ0) is 17.3. The summed E-state index contributed by atoms with van der Waals surface area (Å²) in [5.74, 6) is 0.619. The summed E-state index contributed by atoms with van der Waals surface area (Å²) in [6, 6.07) is 6.67. The van der Waals surface area contributed by atoms with Crippen molar-refractivity contribution in [3.63, 3.8) is 0 Å². The van der Waals surface area contributed by atoms with Gasteiger partial charge in [0.25, 0.3) is 5.91 Å². The smallest absolute Gasteiger partial charge is 0.251 e. The second kappa shape index (κ2) is 6.31. The zero-order valence-electron chi connectivity index (χ0n) is 14.0. The molecule has 0 unspecified atom stereocenters. The number of aromatic amines is 1. The van der Waals surface area contributed by atoms with Gasteiger partial charge in [-0.1, -0.05) is 6.07 Å². The molecule has 0 aliphatic heterocycles. The first-order valence-corrected chi connectivity index (χ1v) is 7.95. The largest absolute Gasteiger partial charge is 0.342 e. The molecule has 3 rings (SSSR count). The lowest BCUT2D eigenvalue weighted by Crippen LogP contribution is -2.28. The Hall–Kier alpha value is -2.89. The summed E-state index contributed by atoms with van der Waals surface area (Å²) < 4.78 is 1.99. The molecule has 1 aromatic carbocycles. The summed E-state index contributed by atoms with van der Waals surface area (Å²) in [5.41, 5.74) is 1.88. The van der Waals surface area contributed by atoms with Gasteiger partial charge in [0.2, 0.25) is 5.56 Å². The number of nitrogens with zero attached hydrogens (tertiary/aromatic N) is 2. The number of amides is 1. The molecule has 0 saturated carbocycles. The summed E-state index contributed by atoms with van der Waals surface area (Å²) in [6.45, 7) is 6.61. The molecule has 0 spiro atoms. The van der Waals surface area contributed by atoms with E-state index in [2.05, 4.69) is 15.3 Å². The molecule has 2 heterocycles. The molecular weight excluding hydrogens is 304 g/mol. The molecular formula is C18H20N4O2. The third-order valence-electron chi connectivity index (χ3n) is 4.14. The van der Waals surface area contributed by atoms with E-state index in [4.69, 9.17) is 0 Å². The summed E-state index contributed by atoms with van der Waals surface area (Å²) in [7, 11) is 0. The molecule has 1 amide bonds. The van der Waals surface area contributed by atoms with Crippen molar-refractivity contribution >= 4 is 16.8 Å². The van der Waals surface area contributed by atoms with E-state index in [1.165, 1.54) is 0 Å². The number of nitrogens with one attached hydrogen (secondary N) is 2. The monoisotopic (exact) mass is 324 g/mol. The van der Waals surface area contributed by atoms with E-state index in [1.807, 2.05) is 37.6 Å². The average molecular weight is 324 g/mol. The van der Waals surface area contributed by atoms with Gasteiger partial charge in [0.1, 0.15) is 5.82 Å². The highest BCUT2D eigenvalue weighted by Gasteiger charge is 2.16. The van der Waals surface area contributed by atoms with Crippen molar-refractivity contribution in [1.29, 1.82) is 0 Å². The van der Waals surface area contributed by atoms with E-state index in [1.54, 1.807) is 24.4 Å². The average Bonchev–Trinajstić information content (AvgIpc) is 3.02. The first kappa shape index (κ1) is 16.0. The first-order valence-electron chi connectivity index (χ1n) is 7.95. The van der Waals surface area contributed by atoms with E-state index in [0.29, 0.717) is 11.1 Å². The number of benzene rings is 1. The maximum atomic E-state index is 12.5. The molecule has 0 fully saturated rings. The van der Waals surface area contributed by atoms with Crippen molar-refractivity contribution in [3.05, 3.63) is 64.0 Å². The Kier molecular flexibility index (Phi) is 4.20. The minimum absolute atomic E-state index is 0.170. The Balaban J connectivity index is 1.87. The number of carbonyl (C=O) groups is 1. The van der Waals surface area contributed by atoms with Crippen LogP contribution in [0.3, 0.4) is 0 Å². The Morgan fingerprint density at radius 1 is 1.38 bits per heavy atom. The van der Waals surface area contributed by atoms with Crippen molar-refractivity contribution in [2.45, 2.75) is 33.4 Å². The fourth-order valence-corrected chi connectivity index (χ4v) is 2.89. The van der Waals surface area contributed by atoms with Gasteiger partial charge >= 0.3 is 0 Å². The lowest BCUT2D eigenvalue weighted by atomic mass is 10.1. The van der Waals surface area contributed by atoms with Crippen molar-refractivity contribution in [2.75, 3.05) is 0 Å². The van der Waals surface area contributed by atoms with Crippen LogP contribution in [0.4, 0.5) is 0 Å². The minimum atomic E-state index is -0.209. The fourth-order valence-electron chi connectivity index (χ4n) is 2.89. The van der Waals surface area contributed by atoms with Gasteiger partial charge in [-0.2, -0.15) is 0 Å². The first-order chi connectivity index (χ1) is 11.5. The molecule has 2 aromatic heterocycles. The summed E-state index contributed by atoms with van der Waals surface area (Å²) >= 11 is 0. The van der Waals surface area contributed by atoms with E-state index in [-0.39, 0.29) is 17.5 Å². The van der Waals surface area contributed by atoms with Crippen molar-refractivity contribution in [3.8, 4) is 0 Å². The zero-order valence-corrected chi connectivity index (χ0v) is 14.0. The number of fused-ring (bicyclic) bond motifs is 1. The van der Waals surface area contributed by atoms with Gasteiger partial charge in [-0.3, -0.25) is 9.59 Å². The molecule has 0 saturated heterocycles. The number of imidazole rings is 1. The Morgan fingerprint density at radius 2 is 2.17 bits per heavy atom. The Bertz CT molecular complexity index is 955. The van der Waals surface area contributed by atoms with E-state index >= 15 is 0 Å². The van der Waals surface area contributed by atoms with Gasteiger partial charge in [-0.05, 0) is 38.5 Å². The lowest BCUT2D eigenvalue weighted by Gasteiger charge is -2.15. The topological polar surface area (TPSA) is 79.8 Å². The second-order valence-corrected chi connectivity index (χ2v) is 5.84. The van der Waals surface area contributed by atoms with Crippen LogP contribution in [0, 0.1) is 6.92 Å². The number of hydrogen-bond acceptors (Lipinski definition) is 3. The fraction of sp³-hybridized carbons (Fsp3) is 0.278. The summed E-state index contributed by atoms with van der Waals surface area (Å²) in [5, 5.41) is 3.88. The van der Waals surface area contributed by atoms with Crippen molar-refractivity contribution < 1.29 is 4.79 Å². The SMILES string of the molecule is CCn1ccnc1[C@H](C)NC(=O)c1ccc2c(C)cc(=O)[nH]c2c1. The number of pyridine rings is 1. The molecule has 1 atom stereocenters. The molecule has 124 valence electrons. The predicted molar refractivity (Wildman–Crippen MR) is 93.1 cm³/mol. The number of hydrogen-bond donors (Lipinski definition) is 2. The molecule has 3 aromatic rings. The van der Waals surface area contributed by atoms with Crippen LogP contribution in [0.2, 0.25) is 0 Å². The Morgan fingerprint density at radius 3 is 2.92 bits per heavy atom. The van der Waals surface area contributed by atoms with Crippen LogP contribution < -0.4 is 10.9 Å². The van der Waals surface area contributed by atoms with Crippen LogP contribution in [-0.4, -0.2) is 20.4 Å². The van der Waals surface area contributed by atoms with Crippen molar-refractivity contribution in [1.82, 2.24) is 19.9 Å². The van der Waals surface area contributed by atoms with Gasteiger partial charge in [0.15, 0.2) is 0 Å². The Labute approximate surface area is 139 Å². The number of carbonyl (C=O) groups excluding carboxylic acids is 1. The third-order valence-corrected chi connectivity index (χ3v) is 4.14. The lowest BCUT2D eigenvalue weighted by molar-refractivity contribution is 0.0937. The van der Waals surface area contributed by atoms with Crippen LogP contribution >= 0.6 is 0 Å². The second-order valence-electron chi connectivity index (χ2n) is 5.84. The normalized spacial score (nSPS) is 12.3. The number of aryl methyl sites for hydroxylation is 2.